The molecule has 0 bridgehead atoms. The standard InChI is InChI=1S/C13H24N2O2/c1-9-3-2-4-10(9)8-15-13(16)12-6-5-11(7-14)17-12/h9-12H,2-8,14H2,1H3,(H,15,16). The molecule has 17 heavy (non-hydrogen) atoms. The van der Waals surface area contributed by atoms with Gasteiger partial charge in [-0.2, -0.15) is 0 Å². The number of carbonyl (C=O) groups excluding carboxylic acids is 1. The molecular formula is C13H24N2O2. The lowest BCUT2D eigenvalue weighted by atomic mass is 9.98. The van der Waals surface area contributed by atoms with E-state index in [1.54, 1.807) is 0 Å². The minimum absolute atomic E-state index is 0.0556. The van der Waals surface area contributed by atoms with Gasteiger partial charge in [0.25, 0.3) is 0 Å². The summed E-state index contributed by atoms with van der Waals surface area (Å²) in [5, 5.41) is 3.04. The number of amides is 1. The van der Waals surface area contributed by atoms with Crippen molar-refractivity contribution in [2.45, 2.75) is 51.2 Å². The molecule has 0 aromatic carbocycles. The SMILES string of the molecule is CC1CCCC1CNC(=O)C1CCC(CN)O1. The molecule has 2 rings (SSSR count). The zero-order chi connectivity index (χ0) is 12.3. The minimum atomic E-state index is -0.264. The molecule has 1 aliphatic carbocycles. The number of hydrogen-bond acceptors (Lipinski definition) is 3. The van der Waals surface area contributed by atoms with Crippen LogP contribution in [0.3, 0.4) is 0 Å². The molecule has 1 aliphatic heterocycles. The number of rotatable bonds is 4. The van der Waals surface area contributed by atoms with Crippen LogP contribution in [0.4, 0.5) is 0 Å². The Kier molecular flexibility index (Phi) is 4.40. The highest BCUT2D eigenvalue weighted by molar-refractivity contribution is 5.81. The van der Waals surface area contributed by atoms with E-state index in [1.807, 2.05) is 0 Å². The third kappa shape index (κ3) is 3.19. The minimum Gasteiger partial charge on any atom is -0.364 e. The molecule has 4 unspecified atom stereocenters. The summed E-state index contributed by atoms with van der Waals surface area (Å²) in [5.41, 5.74) is 5.53. The summed E-state index contributed by atoms with van der Waals surface area (Å²) in [6.45, 7) is 3.61. The molecule has 1 saturated carbocycles. The second-order valence-electron chi connectivity index (χ2n) is 5.47. The van der Waals surface area contributed by atoms with Crippen molar-refractivity contribution in [3.8, 4) is 0 Å². The highest BCUT2D eigenvalue weighted by Gasteiger charge is 2.31. The number of ether oxygens (including phenoxy) is 1. The van der Waals surface area contributed by atoms with Crippen molar-refractivity contribution in [1.29, 1.82) is 0 Å². The third-order valence-electron chi connectivity index (χ3n) is 4.24. The summed E-state index contributed by atoms with van der Waals surface area (Å²) < 4.78 is 5.58. The van der Waals surface area contributed by atoms with Gasteiger partial charge in [0.2, 0.25) is 5.91 Å². The highest BCUT2D eigenvalue weighted by atomic mass is 16.5. The Balaban J connectivity index is 1.70. The van der Waals surface area contributed by atoms with Crippen LogP contribution in [0.15, 0.2) is 0 Å². The van der Waals surface area contributed by atoms with Gasteiger partial charge in [-0.3, -0.25) is 4.79 Å². The topological polar surface area (TPSA) is 64.4 Å². The van der Waals surface area contributed by atoms with Crippen molar-refractivity contribution in [1.82, 2.24) is 5.32 Å². The van der Waals surface area contributed by atoms with E-state index in [4.69, 9.17) is 10.5 Å². The number of carbonyl (C=O) groups is 1. The summed E-state index contributed by atoms with van der Waals surface area (Å²) in [5.74, 6) is 1.46. The van der Waals surface area contributed by atoms with E-state index in [0.29, 0.717) is 12.5 Å². The van der Waals surface area contributed by atoms with Crippen LogP contribution in [-0.2, 0) is 9.53 Å². The van der Waals surface area contributed by atoms with E-state index >= 15 is 0 Å². The van der Waals surface area contributed by atoms with E-state index in [-0.39, 0.29) is 18.1 Å². The highest BCUT2D eigenvalue weighted by Crippen LogP contribution is 2.30. The smallest absolute Gasteiger partial charge is 0.249 e. The van der Waals surface area contributed by atoms with Crippen molar-refractivity contribution in [3.05, 3.63) is 0 Å². The van der Waals surface area contributed by atoms with Gasteiger partial charge in [-0.15, -0.1) is 0 Å². The summed E-state index contributed by atoms with van der Waals surface area (Å²) in [6, 6.07) is 0. The maximum Gasteiger partial charge on any atom is 0.249 e. The van der Waals surface area contributed by atoms with E-state index in [9.17, 15) is 4.79 Å². The first-order valence-electron chi connectivity index (χ1n) is 6.84. The first-order valence-corrected chi connectivity index (χ1v) is 6.84. The van der Waals surface area contributed by atoms with Crippen LogP contribution in [-0.4, -0.2) is 31.2 Å². The van der Waals surface area contributed by atoms with Gasteiger partial charge in [-0.25, -0.2) is 0 Å². The quantitative estimate of drug-likeness (QED) is 0.772. The van der Waals surface area contributed by atoms with Crippen molar-refractivity contribution in [2.24, 2.45) is 17.6 Å². The van der Waals surface area contributed by atoms with E-state index in [0.717, 1.165) is 25.3 Å². The van der Waals surface area contributed by atoms with Gasteiger partial charge in [-0.1, -0.05) is 19.8 Å². The van der Waals surface area contributed by atoms with E-state index < -0.39 is 0 Å². The fraction of sp³-hybridized carbons (Fsp3) is 0.923. The molecule has 0 spiro atoms. The van der Waals surface area contributed by atoms with Gasteiger partial charge in [0.05, 0.1) is 6.10 Å². The lowest BCUT2D eigenvalue weighted by Gasteiger charge is -2.18. The van der Waals surface area contributed by atoms with Crippen LogP contribution in [0.5, 0.6) is 0 Å². The predicted octanol–water partition coefficient (Wildman–Crippen LogP) is 1.05. The predicted molar refractivity (Wildman–Crippen MR) is 66.5 cm³/mol. The van der Waals surface area contributed by atoms with Crippen molar-refractivity contribution >= 4 is 5.91 Å². The van der Waals surface area contributed by atoms with E-state index in [2.05, 4.69) is 12.2 Å². The fourth-order valence-corrected chi connectivity index (χ4v) is 2.94. The van der Waals surface area contributed by atoms with Crippen LogP contribution < -0.4 is 11.1 Å². The maximum absolute atomic E-state index is 11.9. The molecule has 4 heteroatoms. The molecule has 0 aromatic rings. The Morgan fingerprint density at radius 1 is 1.35 bits per heavy atom. The van der Waals surface area contributed by atoms with Crippen LogP contribution in [0.1, 0.15) is 39.0 Å². The van der Waals surface area contributed by atoms with Gasteiger partial charge in [0, 0.05) is 13.1 Å². The fourth-order valence-electron chi connectivity index (χ4n) is 2.94. The van der Waals surface area contributed by atoms with Crippen LogP contribution in [0.25, 0.3) is 0 Å². The Morgan fingerprint density at radius 3 is 2.76 bits per heavy atom. The number of hydrogen-bond donors (Lipinski definition) is 2. The molecule has 4 nitrogen and oxygen atoms in total. The molecule has 0 radical (unpaired) electrons. The van der Waals surface area contributed by atoms with Crippen molar-refractivity contribution in [2.75, 3.05) is 13.1 Å². The molecule has 2 fully saturated rings. The lowest BCUT2D eigenvalue weighted by Crippen LogP contribution is -2.38. The third-order valence-corrected chi connectivity index (χ3v) is 4.24. The average Bonchev–Trinajstić information content (AvgIpc) is 2.94. The van der Waals surface area contributed by atoms with Crippen LogP contribution in [0, 0.1) is 11.8 Å². The number of nitrogens with two attached hydrogens (primary N) is 1. The maximum atomic E-state index is 11.9. The molecular weight excluding hydrogens is 216 g/mol. The van der Waals surface area contributed by atoms with Crippen molar-refractivity contribution < 1.29 is 9.53 Å². The summed E-state index contributed by atoms with van der Waals surface area (Å²) in [4.78, 5) is 11.9. The lowest BCUT2D eigenvalue weighted by molar-refractivity contribution is -0.132. The Labute approximate surface area is 103 Å². The van der Waals surface area contributed by atoms with Gasteiger partial charge < -0.3 is 15.8 Å². The molecule has 3 N–H and O–H groups in total. The first-order chi connectivity index (χ1) is 8.20. The number of nitrogens with one attached hydrogen (secondary N) is 1. The zero-order valence-electron chi connectivity index (χ0n) is 10.7. The zero-order valence-corrected chi connectivity index (χ0v) is 10.7. The van der Waals surface area contributed by atoms with Gasteiger partial charge in [-0.05, 0) is 31.1 Å². The van der Waals surface area contributed by atoms with E-state index in [1.165, 1.54) is 19.3 Å². The second-order valence-corrected chi connectivity index (χ2v) is 5.47. The summed E-state index contributed by atoms with van der Waals surface area (Å²) in [7, 11) is 0. The molecule has 4 atom stereocenters. The van der Waals surface area contributed by atoms with Crippen molar-refractivity contribution in [3.63, 3.8) is 0 Å². The van der Waals surface area contributed by atoms with Gasteiger partial charge in [0.1, 0.15) is 6.10 Å². The van der Waals surface area contributed by atoms with Crippen LogP contribution >= 0.6 is 0 Å². The monoisotopic (exact) mass is 240 g/mol. The normalized spacial score (nSPS) is 37.3. The summed E-state index contributed by atoms with van der Waals surface area (Å²) >= 11 is 0. The Bertz CT molecular complexity index is 270. The Morgan fingerprint density at radius 2 is 2.18 bits per heavy atom. The Hall–Kier alpha value is -0.610. The van der Waals surface area contributed by atoms with Gasteiger partial charge >= 0.3 is 0 Å². The largest absolute Gasteiger partial charge is 0.364 e. The van der Waals surface area contributed by atoms with Gasteiger partial charge in [0.15, 0.2) is 0 Å². The molecule has 0 aromatic heterocycles. The molecule has 1 saturated heterocycles. The first kappa shape index (κ1) is 12.8. The van der Waals surface area contributed by atoms with Crippen LogP contribution in [0.2, 0.25) is 0 Å². The molecule has 98 valence electrons. The second kappa shape index (κ2) is 5.83. The molecule has 2 aliphatic rings. The molecule has 1 amide bonds. The molecule has 1 heterocycles. The summed E-state index contributed by atoms with van der Waals surface area (Å²) in [6.07, 6.45) is 5.39. The average molecular weight is 240 g/mol.